The summed E-state index contributed by atoms with van der Waals surface area (Å²) in [5.41, 5.74) is 4.54. The van der Waals surface area contributed by atoms with Gasteiger partial charge in [-0.2, -0.15) is 0 Å². The van der Waals surface area contributed by atoms with Crippen LogP contribution in [0.1, 0.15) is 10.4 Å². The van der Waals surface area contributed by atoms with Gasteiger partial charge >= 0.3 is 11.9 Å². The molecule has 0 saturated carbocycles. The Morgan fingerprint density at radius 1 is 1.24 bits per heavy atom. The van der Waals surface area contributed by atoms with E-state index in [9.17, 15) is 18.8 Å². The van der Waals surface area contributed by atoms with Crippen LogP contribution in [-0.2, 0) is 19.1 Å². The van der Waals surface area contributed by atoms with Crippen molar-refractivity contribution < 1.29 is 28.2 Å². The number of hydrogen-bond donors (Lipinski definition) is 2. The molecule has 1 aromatic rings. The summed E-state index contributed by atoms with van der Waals surface area (Å²) in [6.45, 7) is 0. The summed E-state index contributed by atoms with van der Waals surface area (Å²) in [6.07, 6.45) is 0.794. The average molecular weight is 296 g/mol. The first-order valence-corrected chi connectivity index (χ1v) is 5.63. The van der Waals surface area contributed by atoms with Gasteiger partial charge in [-0.05, 0) is 18.2 Å². The standard InChI is InChI=1S/C13H13FN2O5/c1-20-11(17)6-10(13(19)21-2)16-9-5-7(12(15)18)3-4-8(9)14/h3-6,16H,1-2H3,(H2,15,18)/b10-6+. The Morgan fingerprint density at radius 2 is 1.90 bits per heavy atom. The predicted octanol–water partition coefficient (Wildman–Crippen LogP) is 0.566. The number of carbonyl (C=O) groups is 3. The fourth-order valence-corrected chi connectivity index (χ4v) is 1.35. The second-order valence-electron chi connectivity index (χ2n) is 3.76. The van der Waals surface area contributed by atoms with Crippen molar-refractivity contribution in [1.82, 2.24) is 0 Å². The van der Waals surface area contributed by atoms with E-state index in [0.29, 0.717) is 0 Å². The van der Waals surface area contributed by atoms with Crippen LogP contribution >= 0.6 is 0 Å². The SMILES string of the molecule is COC(=O)/C=C(/Nc1cc(C(N)=O)ccc1F)C(=O)OC. The lowest BCUT2D eigenvalue weighted by Gasteiger charge is -2.10. The van der Waals surface area contributed by atoms with E-state index in [-0.39, 0.29) is 16.9 Å². The normalized spacial score (nSPS) is 10.7. The second-order valence-corrected chi connectivity index (χ2v) is 3.76. The Labute approximate surface area is 119 Å². The number of primary amides is 1. The molecular formula is C13H13FN2O5. The van der Waals surface area contributed by atoms with Crippen molar-refractivity contribution in [3.8, 4) is 0 Å². The van der Waals surface area contributed by atoms with Crippen LogP contribution < -0.4 is 11.1 Å². The summed E-state index contributed by atoms with van der Waals surface area (Å²) in [5, 5.41) is 2.36. The molecule has 0 aliphatic carbocycles. The van der Waals surface area contributed by atoms with Gasteiger partial charge in [0.1, 0.15) is 11.5 Å². The average Bonchev–Trinajstić information content (AvgIpc) is 2.47. The van der Waals surface area contributed by atoms with Crippen molar-refractivity contribution in [1.29, 1.82) is 0 Å². The van der Waals surface area contributed by atoms with Crippen LogP contribution in [0.2, 0.25) is 0 Å². The Bertz CT molecular complexity index is 613. The molecule has 0 fully saturated rings. The maximum absolute atomic E-state index is 13.7. The van der Waals surface area contributed by atoms with Crippen LogP contribution in [0.4, 0.5) is 10.1 Å². The molecule has 1 rings (SSSR count). The molecule has 21 heavy (non-hydrogen) atoms. The summed E-state index contributed by atoms with van der Waals surface area (Å²) < 4.78 is 22.5. The maximum Gasteiger partial charge on any atom is 0.354 e. The van der Waals surface area contributed by atoms with E-state index in [1.165, 1.54) is 6.07 Å². The minimum absolute atomic E-state index is 0.0289. The van der Waals surface area contributed by atoms with Gasteiger partial charge in [0.15, 0.2) is 0 Å². The van der Waals surface area contributed by atoms with Gasteiger partial charge in [-0.1, -0.05) is 0 Å². The quantitative estimate of drug-likeness (QED) is 0.607. The van der Waals surface area contributed by atoms with E-state index >= 15 is 0 Å². The van der Waals surface area contributed by atoms with E-state index in [0.717, 1.165) is 32.4 Å². The molecule has 0 atom stereocenters. The second kappa shape index (κ2) is 7.04. The molecule has 0 unspecified atom stereocenters. The fourth-order valence-electron chi connectivity index (χ4n) is 1.35. The molecule has 3 N–H and O–H groups in total. The third kappa shape index (κ3) is 4.30. The highest BCUT2D eigenvalue weighted by atomic mass is 19.1. The zero-order valence-electron chi connectivity index (χ0n) is 11.3. The minimum Gasteiger partial charge on any atom is -0.466 e. The first-order valence-electron chi connectivity index (χ1n) is 5.63. The van der Waals surface area contributed by atoms with Crippen LogP contribution in [0.15, 0.2) is 30.0 Å². The monoisotopic (exact) mass is 296 g/mol. The van der Waals surface area contributed by atoms with Crippen molar-refractivity contribution in [2.24, 2.45) is 5.73 Å². The largest absolute Gasteiger partial charge is 0.466 e. The van der Waals surface area contributed by atoms with E-state index in [4.69, 9.17) is 5.73 Å². The Kier molecular flexibility index (Phi) is 5.41. The van der Waals surface area contributed by atoms with Crippen molar-refractivity contribution in [2.75, 3.05) is 19.5 Å². The van der Waals surface area contributed by atoms with Crippen molar-refractivity contribution in [2.45, 2.75) is 0 Å². The third-order valence-electron chi connectivity index (χ3n) is 2.39. The molecule has 112 valence electrons. The molecule has 0 aliphatic rings. The smallest absolute Gasteiger partial charge is 0.354 e. The van der Waals surface area contributed by atoms with Gasteiger partial charge in [0.2, 0.25) is 5.91 Å². The molecule has 1 aromatic carbocycles. The molecule has 0 aliphatic heterocycles. The molecule has 7 nitrogen and oxygen atoms in total. The number of hydrogen-bond acceptors (Lipinski definition) is 6. The van der Waals surface area contributed by atoms with Gasteiger partial charge in [-0.3, -0.25) is 4.79 Å². The van der Waals surface area contributed by atoms with Crippen molar-refractivity contribution in [3.63, 3.8) is 0 Å². The predicted molar refractivity (Wildman–Crippen MR) is 70.7 cm³/mol. The number of methoxy groups -OCH3 is 2. The highest BCUT2D eigenvalue weighted by molar-refractivity contribution is 5.99. The topological polar surface area (TPSA) is 108 Å². The molecule has 0 radical (unpaired) electrons. The van der Waals surface area contributed by atoms with E-state index < -0.39 is 23.7 Å². The van der Waals surface area contributed by atoms with Gasteiger partial charge in [0.25, 0.3) is 0 Å². The molecule has 8 heteroatoms. The van der Waals surface area contributed by atoms with E-state index in [1.54, 1.807) is 0 Å². The summed E-state index contributed by atoms with van der Waals surface area (Å²) >= 11 is 0. The number of esters is 2. The molecule has 1 amide bonds. The highest BCUT2D eigenvalue weighted by Crippen LogP contribution is 2.18. The van der Waals surface area contributed by atoms with Gasteiger partial charge in [-0.25, -0.2) is 14.0 Å². The lowest BCUT2D eigenvalue weighted by Crippen LogP contribution is -2.17. The first-order chi connectivity index (χ1) is 9.88. The molecule has 0 spiro atoms. The fraction of sp³-hybridized carbons (Fsp3) is 0.154. The van der Waals surface area contributed by atoms with Gasteiger partial charge < -0.3 is 20.5 Å². The number of nitrogens with one attached hydrogen (secondary N) is 1. The highest BCUT2D eigenvalue weighted by Gasteiger charge is 2.15. The molecule has 0 aromatic heterocycles. The number of rotatable bonds is 5. The number of amides is 1. The van der Waals surface area contributed by atoms with Crippen LogP contribution in [0.5, 0.6) is 0 Å². The van der Waals surface area contributed by atoms with Gasteiger partial charge in [-0.15, -0.1) is 0 Å². The van der Waals surface area contributed by atoms with Gasteiger partial charge in [0.05, 0.1) is 26.0 Å². The number of benzene rings is 1. The van der Waals surface area contributed by atoms with Gasteiger partial charge in [0, 0.05) is 5.56 Å². The maximum atomic E-state index is 13.7. The van der Waals surface area contributed by atoms with E-state index in [2.05, 4.69) is 14.8 Å². The number of carbonyl (C=O) groups excluding carboxylic acids is 3. The minimum atomic E-state index is -0.913. The van der Waals surface area contributed by atoms with Crippen LogP contribution in [0, 0.1) is 5.82 Å². The van der Waals surface area contributed by atoms with Crippen molar-refractivity contribution >= 4 is 23.5 Å². The lowest BCUT2D eigenvalue weighted by atomic mass is 10.2. The third-order valence-corrected chi connectivity index (χ3v) is 2.39. The van der Waals surface area contributed by atoms with Crippen LogP contribution in [0.3, 0.4) is 0 Å². The van der Waals surface area contributed by atoms with Crippen LogP contribution in [-0.4, -0.2) is 32.1 Å². The molecular weight excluding hydrogens is 283 g/mol. The Balaban J connectivity index is 3.17. The summed E-state index contributed by atoms with van der Waals surface area (Å²) in [7, 11) is 2.20. The Morgan fingerprint density at radius 3 is 2.43 bits per heavy atom. The number of nitrogens with two attached hydrogens (primary N) is 1. The summed E-state index contributed by atoms with van der Waals surface area (Å²) in [6, 6.07) is 3.28. The lowest BCUT2D eigenvalue weighted by molar-refractivity contribution is -0.138. The summed E-state index contributed by atoms with van der Waals surface area (Å²) in [4.78, 5) is 33.8. The molecule has 0 heterocycles. The molecule has 0 bridgehead atoms. The summed E-state index contributed by atoms with van der Waals surface area (Å²) in [5.74, 6) is -3.27. The number of ether oxygens (including phenoxy) is 2. The van der Waals surface area contributed by atoms with Crippen LogP contribution in [0.25, 0.3) is 0 Å². The Hall–Kier alpha value is -2.90. The zero-order valence-corrected chi connectivity index (χ0v) is 11.3. The first kappa shape index (κ1) is 16.2. The molecule has 0 saturated heterocycles. The van der Waals surface area contributed by atoms with Crippen molar-refractivity contribution in [3.05, 3.63) is 41.4 Å². The van der Waals surface area contributed by atoms with E-state index in [1.807, 2.05) is 0 Å². The number of halogens is 1. The number of anilines is 1. The zero-order chi connectivity index (χ0) is 16.0.